The Morgan fingerprint density at radius 1 is 1.00 bits per heavy atom. The van der Waals surface area contributed by atoms with E-state index in [1.165, 1.54) is 6.42 Å². The van der Waals surface area contributed by atoms with Crippen LogP contribution in [-0.2, 0) is 9.47 Å². The van der Waals surface area contributed by atoms with Crippen molar-refractivity contribution in [1.82, 2.24) is 5.32 Å². The Morgan fingerprint density at radius 2 is 1.71 bits per heavy atom. The SMILES string of the molecule is CNCCCCOCCOCC(C)C. The zero-order chi connectivity index (χ0) is 10.6. The number of ether oxygens (including phenoxy) is 2. The van der Waals surface area contributed by atoms with Gasteiger partial charge in [-0.1, -0.05) is 13.8 Å². The van der Waals surface area contributed by atoms with Crippen molar-refractivity contribution in [3.63, 3.8) is 0 Å². The van der Waals surface area contributed by atoms with Gasteiger partial charge < -0.3 is 14.8 Å². The van der Waals surface area contributed by atoms with Gasteiger partial charge in [-0.3, -0.25) is 0 Å². The fourth-order valence-corrected chi connectivity index (χ4v) is 1.04. The van der Waals surface area contributed by atoms with Gasteiger partial charge in [0.05, 0.1) is 13.2 Å². The van der Waals surface area contributed by atoms with Crippen molar-refractivity contribution < 1.29 is 9.47 Å². The minimum absolute atomic E-state index is 0.616. The molecule has 1 N–H and O–H groups in total. The largest absolute Gasteiger partial charge is 0.379 e. The van der Waals surface area contributed by atoms with Crippen LogP contribution in [0.3, 0.4) is 0 Å². The normalized spacial score (nSPS) is 11.1. The van der Waals surface area contributed by atoms with Crippen LogP contribution < -0.4 is 5.32 Å². The van der Waals surface area contributed by atoms with Crippen LogP contribution in [0.15, 0.2) is 0 Å². The first-order chi connectivity index (χ1) is 6.77. The minimum Gasteiger partial charge on any atom is -0.379 e. The van der Waals surface area contributed by atoms with E-state index in [4.69, 9.17) is 9.47 Å². The summed E-state index contributed by atoms with van der Waals surface area (Å²) in [5.41, 5.74) is 0. The highest BCUT2D eigenvalue weighted by Gasteiger charge is 1.93. The Balaban J connectivity index is 2.85. The topological polar surface area (TPSA) is 30.5 Å². The maximum Gasteiger partial charge on any atom is 0.0700 e. The van der Waals surface area contributed by atoms with Crippen LogP contribution in [0.5, 0.6) is 0 Å². The molecule has 0 saturated carbocycles. The van der Waals surface area contributed by atoms with Gasteiger partial charge in [0, 0.05) is 13.2 Å². The summed E-state index contributed by atoms with van der Waals surface area (Å²) in [5.74, 6) is 0.616. The molecule has 0 radical (unpaired) electrons. The van der Waals surface area contributed by atoms with Gasteiger partial charge >= 0.3 is 0 Å². The number of rotatable bonds is 10. The number of hydrogen-bond acceptors (Lipinski definition) is 3. The van der Waals surface area contributed by atoms with E-state index in [0.717, 1.165) is 39.4 Å². The maximum absolute atomic E-state index is 5.41. The second-order valence-corrected chi connectivity index (χ2v) is 3.89. The minimum atomic E-state index is 0.616. The van der Waals surface area contributed by atoms with E-state index in [2.05, 4.69) is 19.2 Å². The highest BCUT2D eigenvalue weighted by Crippen LogP contribution is 1.92. The van der Waals surface area contributed by atoms with E-state index >= 15 is 0 Å². The Kier molecular flexibility index (Phi) is 10.9. The molecule has 0 bridgehead atoms. The predicted molar refractivity (Wildman–Crippen MR) is 59.6 cm³/mol. The van der Waals surface area contributed by atoms with Gasteiger partial charge in [-0.05, 0) is 32.4 Å². The van der Waals surface area contributed by atoms with Crippen molar-refractivity contribution in [3.05, 3.63) is 0 Å². The first-order valence-corrected chi connectivity index (χ1v) is 5.57. The molecule has 0 amide bonds. The van der Waals surface area contributed by atoms with Gasteiger partial charge in [0.15, 0.2) is 0 Å². The van der Waals surface area contributed by atoms with Crippen molar-refractivity contribution in [2.24, 2.45) is 5.92 Å². The van der Waals surface area contributed by atoms with E-state index in [0.29, 0.717) is 5.92 Å². The standard InChI is InChI=1S/C11H25NO2/c1-11(2)10-14-9-8-13-7-5-4-6-12-3/h11-12H,4-10H2,1-3H3. The average molecular weight is 203 g/mol. The van der Waals surface area contributed by atoms with Crippen LogP contribution in [0.1, 0.15) is 26.7 Å². The summed E-state index contributed by atoms with van der Waals surface area (Å²) in [7, 11) is 1.97. The number of hydrogen-bond donors (Lipinski definition) is 1. The Hall–Kier alpha value is -0.120. The van der Waals surface area contributed by atoms with Crippen molar-refractivity contribution in [2.75, 3.05) is 40.0 Å². The van der Waals surface area contributed by atoms with Crippen molar-refractivity contribution in [3.8, 4) is 0 Å². The summed E-state index contributed by atoms with van der Waals surface area (Å²) in [5, 5.41) is 3.11. The maximum atomic E-state index is 5.41. The Labute approximate surface area is 88.2 Å². The molecule has 0 unspecified atom stereocenters. The van der Waals surface area contributed by atoms with E-state index in [-0.39, 0.29) is 0 Å². The molecule has 0 rings (SSSR count). The summed E-state index contributed by atoms with van der Waals surface area (Å²) < 4.78 is 10.8. The molecule has 0 spiro atoms. The molecule has 0 fully saturated rings. The van der Waals surface area contributed by atoms with Gasteiger partial charge in [0.1, 0.15) is 0 Å². The smallest absolute Gasteiger partial charge is 0.0700 e. The Morgan fingerprint density at radius 3 is 2.36 bits per heavy atom. The molecular weight excluding hydrogens is 178 g/mol. The third-order valence-electron chi connectivity index (χ3n) is 1.79. The third kappa shape index (κ3) is 11.9. The van der Waals surface area contributed by atoms with E-state index in [1.54, 1.807) is 0 Å². The lowest BCUT2D eigenvalue weighted by Gasteiger charge is -2.07. The van der Waals surface area contributed by atoms with Crippen molar-refractivity contribution >= 4 is 0 Å². The van der Waals surface area contributed by atoms with Gasteiger partial charge in [-0.25, -0.2) is 0 Å². The summed E-state index contributed by atoms with van der Waals surface area (Å²) >= 11 is 0. The number of unbranched alkanes of at least 4 members (excludes halogenated alkanes) is 1. The summed E-state index contributed by atoms with van der Waals surface area (Å²) in [4.78, 5) is 0. The molecule has 86 valence electrons. The van der Waals surface area contributed by atoms with Crippen LogP contribution in [-0.4, -0.2) is 40.0 Å². The molecule has 0 saturated heterocycles. The van der Waals surface area contributed by atoms with Gasteiger partial charge in [-0.15, -0.1) is 0 Å². The summed E-state index contributed by atoms with van der Waals surface area (Å²) in [6, 6.07) is 0. The fraction of sp³-hybridized carbons (Fsp3) is 1.00. The van der Waals surface area contributed by atoms with Crippen molar-refractivity contribution in [2.45, 2.75) is 26.7 Å². The molecule has 0 heterocycles. The summed E-state index contributed by atoms with van der Waals surface area (Å²) in [6.45, 7) is 8.52. The van der Waals surface area contributed by atoms with Crippen LogP contribution in [0.4, 0.5) is 0 Å². The third-order valence-corrected chi connectivity index (χ3v) is 1.79. The quantitative estimate of drug-likeness (QED) is 0.548. The molecular formula is C11H25NO2. The van der Waals surface area contributed by atoms with Gasteiger partial charge in [0.25, 0.3) is 0 Å². The van der Waals surface area contributed by atoms with Gasteiger partial charge in [-0.2, -0.15) is 0 Å². The van der Waals surface area contributed by atoms with Crippen LogP contribution in [0.2, 0.25) is 0 Å². The van der Waals surface area contributed by atoms with E-state index in [9.17, 15) is 0 Å². The van der Waals surface area contributed by atoms with Crippen LogP contribution >= 0.6 is 0 Å². The van der Waals surface area contributed by atoms with Crippen LogP contribution in [0.25, 0.3) is 0 Å². The van der Waals surface area contributed by atoms with Crippen molar-refractivity contribution in [1.29, 1.82) is 0 Å². The zero-order valence-electron chi connectivity index (χ0n) is 9.84. The summed E-state index contributed by atoms with van der Waals surface area (Å²) in [6.07, 6.45) is 2.31. The lowest BCUT2D eigenvalue weighted by Crippen LogP contribution is -2.11. The molecule has 3 heteroatoms. The molecule has 0 atom stereocenters. The van der Waals surface area contributed by atoms with Crippen LogP contribution in [0, 0.1) is 5.92 Å². The molecule has 0 aliphatic heterocycles. The monoisotopic (exact) mass is 203 g/mol. The highest BCUT2D eigenvalue weighted by molar-refractivity contribution is 4.42. The first-order valence-electron chi connectivity index (χ1n) is 5.57. The predicted octanol–water partition coefficient (Wildman–Crippen LogP) is 1.68. The second-order valence-electron chi connectivity index (χ2n) is 3.89. The average Bonchev–Trinajstić information content (AvgIpc) is 2.15. The zero-order valence-corrected chi connectivity index (χ0v) is 9.84. The second kappa shape index (κ2) is 11.0. The molecule has 0 aliphatic carbocycles. The lowest BCUT2D eigenvalue weighted by atomic mass is 10.2. The molecule has 0 aromatic rings. The van der Waals surface area contributed by atoms with E-state index in [1.807, 2.05) is 7.05 Å². The molecule has 0 aromatic heterocycles. The van der Waals surface area contributed by atoms with Gasteiger partial charge in [0.2, 0.25) is 0 Å². The highest BCUT2D eigenvalue weighted by atomic mass is 16.5. The Bertz CT molecular complexity index is 107. The fourth-order valence-electron chi connectivity index (χ4n) is 1.04. The number of nitrogens with one attached hydrogen (secondary N) is 1. The first kappa shape index (κ1) is 13.9. The molecule has 3 nitrogen and oxygen atoms in total. The molecule has 14 heavy (non-hydrogen) atoms. The molecule has 0 aromatic carbocycles. The van der Waals surface area contributed by atoms with E-state index < -0.39 is 0 Å². The lowest BCUT2D eigenvalue weighted by molar-refractivity contribution is 0.0367. The molecule has 0 aliphatic rings.